The minimum Gasteiger partial charge on any atom is -0.388 e. The van der Waals surface area contributed by atoms with E-state index in [1.807, 2.05) is 19.1 Å². The Morgan fingerprint density at radius 2 is 2.04 bits per heavy atom. The summed E-state index contributed by atoms with van der Waals surface area (Å²) in [5.74, 6) is 0.554. The van der Waals surface area contributed by atoms with E-state index in [9.17, 15) is 0 Å². The van der Waals surface area contributed by atoms with Crippen molar-refractivity contribution >= 4 is 0 Å². The van der Waals surface area contributed by atoms with E-state index in [1.54, 1.807) is 0 Å². The average Bonchev–Trinajstić information content (AvgIpc) is 2.92. The van der Waals surface area contributed by atoms with Crippen LogP contribution in [0.25, 0.3) is 0 Å². The fraction of sp³-hybridized carbons (Fsp3) is 0.455. The molecule has 0 aliphatic heterocycles. The summed E-state index contributed by atoms with van der Waals surface area (Å²) < 4.78 is 0. The molecule has 23 heavy (non-hydrogen) atoms. The van der Waals surface area contributed by atoms with Crippen LogP contribution in [0.2, 0.25) is 0 Å². The Bertz CT molecular complexity index is 528. The maximum Gasteiger partial charge on any atom is 0.0190 e. The smallest absolute Gasteiger partial charge is 0.0190 e. The van der Waals surface area contributed by atoms with E-state index in [1.165, 1.54) is 48.1 Å². The molecule has 0 aromatic heterocycles. The van der Waals surface area contributed by atoms with E-state index in [-0.39, 0.29) is 0 Å². The molecule has 1 aliphatic carbocycles. The van der Waals surface area contributed by atoms with Gasteiger partial charge in [0.25, 0.3) is 0 Å². The molecule has 1 nitrogen and oxygen atoms in total. The van der Waals surface area contributed by atoms with E-state index in [0.717, 1.165) is 18.5 Å². The van der Waals surface area contributed by atoms with Crippen molar-refractivity contribution in [1.82, 2.24) is 5.32 Å². The zero-order chi connectivity index (χ0) is 17.2. The van der Waals surface area contributed by atoms with E-state index >= 15 is 0 Å². The maximum atomic E-state index is 4.21. The first kappa shape index (κ1) is 19.3. The Balaban J connectivity index is 2.27. The van der Waals surface area contributed by atoms with Crippen LogP contribution in [0.15, 0.2) is 72.0 Å². The molecule has 0 radical (unpaired) electrons. The van der Waals surface area contributed by atoms with Gasteiger partial charge in [-0.25, -0.2) is 0 Å². The summed E-state index contributed by atoms with van der Waals surface area (Å²) in [4.78, 5) is 0. The van der Waals surface area contributed by atoms with Crippen molar-refractivity contribution in [1.29, 1.82) is 0 Å². The third-order valence-electron chi connectivity index (χ3n) is 4.43. The molecule has 0 saturated carbocycles. The molecule has 0 aromatic carbocycles. The second-order valence-corrected chi connectivity index (χ2v) is 6.62. The van der Waals surface area contributed by atoms with Gasteiger partial charge in [0.15, 0.2) is 0 Å². The highest BCUT2D eigenvalue weighted by Gasteiger charge is 2.17. The summed E-state index contributed by atoms with van der Waals surface area (Å²) >= 11 is 0. The highest BCUT2D eigenvalue weighted by atomic mass is 14.9. The van der Waals surface area contributed by atoms with E-state index in [2.05, 4.69) is 51.1 Å². The van der Waals surface area contributed by atoms with Crippen LogP contribution in [0, 0.1) is 5.92 Å². The van der Waals surface area contributed by atoms with Gasteiger partial charge in [0.05, 0.1) is 0 Å². The predicted molar refractivity (Wildman–Crippen MR) is 104 cm³/mol. The van der Waals surface area contributed by atoms with Gasteiger partial charge >= 0.3 is 0 Å². The highest BCUT2D eigenvalue weighted by Crippen LogP contribution is 2.29. The van der Waals surface area contributed by atoms with Crippen LogP contribution in [0.4, 0.5) is 0 Å². The van der Waals surface area contributed by atoms with Crippen LogP contribution >= 0.6 is 0 Å². The molecule has 0 aromatic rings. The Morgan fingerprint density at radius 1 is 1.30 bits per heavy atom. The highest BCUT2D eigenvalue weighted by molar-refractivity contribution is 5.40. The van der Waals surface area contributed by atoms with Crippen molar-refractivity contribution in [3.05, 3.63) is 72.0 Å². The third kappa shape index (κ3) is 6.90. The normalized spacial score (nSPS) is 18.6. The van der Waals surface area contributed by atoms with Crippen molar-refractivity contribution in [3.63, 3.8) is 0 Å². The number of rotatable bonds is 10. The van der Waals surface area contributed by atoms with Gasteiger partial charge in [-0.15, -0.1) is 0 Å². The van der Waals surface area contributed by atoms with Gasteiger partial charge in [-0.3, -0.25) is 0 Å². The van der Waals surface area contributed by atoms with E-state index in [0.29, 0.717) is 5.92 Å². The molecule has 126 valence electrons. The minimum atomic E-state index is 0.554. The molecule has 0 fully saturated rings. The summed E-state index contributed by atoms with van der Waals surface area (Å²) in [6.07, 6.45) is 14.3. The van der Waals surface area contributed by atoms with Gasteiger partial charge in [0.2, 0.25) is 0 Å². The number of nitrogens with one attached hydrogen (secondary N) is 1. The largest absolute Gasteiger partial charge is 0.388 e. The van der Waals surface area contributed by atoms with Gasteiger partial charge in [-0.05, 0) is 58.4 Å². The lowest BCUT2D eigenvalue weighted by Crippen LogP contribution is -2.20. The van der Waals surface area contributed by atoms with Gasteiger partial charge in [0.1, 0.15) is 0 Å². The average molecular weight is 312 g/mol. The Kier molecular flexibility index (Phi) is 8.47. The van der Waals surface area contributed by atoms with Crippen molar-refractivity contribution in [2.45, 2.75) is 52.9 Å². The predicted octanol–water partition coefficient (Wildman–Crippen LogP) is 6.25. The summed E-state index contributed by atoms with van der Waals surface area (Å²) in [6.45, 7) is 19.5. The molecule has 1 heteroatoms. The molecular weight excluding hydrogens is 278 g/mol. The first-order valence-electron chi connectivity index (χ1n) is 8.70. The minimum absolute atomic E-state index is 0.554. The molecule has 0 heterocycles. The van der Waals surface area contributed by atoms with Crippen LogP contribution in [-0.2, 0) is 0 Å². The Morgan fingerprint density at radius 3 is 2.61 bits per heavy atom. The first-order chi connectivity index (χ1) is 11.0. The summed E-state index contributed by atoms with van der Waals surface area (Å²) in [6, 6.07) is 0. The third-order valence-corrected chi connectivity index (χ3v) is 4.43. The quantitative estimate of drug-likeness (QED) is 0.285. The molecule has 1 unspecified atom stereocenters. The number of hydrogen-bond acceptors (Lipinski definition) is 1. The lowest BCUT2D eigenvalue weighted by atomic mass is 9.99. The Labute approximate surface area is 143 Å². The van der Waals surface area contributed by atoms with Crippen LogP contribution in [-0.4, -0.2) is 6.54 Å². The van der Waals surface area contributed by atoms with Crippen molar-refractivity contribution in [2.24, 2.45) is 5.92 Å². The molecule has 1 N–H and O–H groups in total. The Hall–Kier alpha value is -1.76. The molecule has 0 spiro atoms. The number of allylic oxidation sites excluding steroid dienone is 8. The van der Waals surface area contributed by atoms with Crippen LogP contribution in [0.3, 0.4) is 0 Å². The fourth-order valence-electron chi connectivity index (χ4n) is 2.98. The molecule has 1 aliphatic rings. The van der Waals surface area contributed by atoms with Crippen LogP contribution in [0.1, 0.15) is 52.9 Å². The van der Waals surface area contributed by atoms with Crippen molar-refractivity contribution in [3.8, 4) is 0 Å². The summed E-state index contributed by atoms with van der Waals surface area (Å²) in [5.41, 5.74) is 6.33. The van der Waals surface area contributed by atoms with E-state index < -0.39 is 0 Å². The van der Waals surface area contributed by atoms with Crippen molar-refractivity contribution in [2.75, 3.05) is 6.54 Å². The van der Waals surface area contributed by atoms with Crippen LogP contribution in [0.5, 0.6) is 0 Å². The topological polar surface area (TPSA) is 12.0 Å². The summed E-state index contributed by atoms with van der Waals surface area (Å²) in [5, 5.41) is 3.51. The zero-order valence-electron chi connectivity index (χ0n) is 15.3. The standard InChI is InChI=1S/C22H33N/c1-7-11-21(17(2)3)16-18(4)12-8-9-15-23-20(6)22-14-10-13-19(22)5/h7,11,13,16,22-23H,1-2,6,8-10,12,14-15H2,3-5H3/b18-16+,21-11+. The van der Waals surface area contributed by atoms with Gasteiger partial charge in [-0.2, -0.15) is 0 Å². The van der Waals surface area contributed by atoms with E-state index in [4.69, 9.17) is 0 Å². The van der Waals surface area contributed by atoms with Gasteiger partial charge in [-0.1, -0.05) is 60.8 Å². The van der Waals surface area contributed by atoms with Gasteiger partial charge in [0, 0.05) is 18.2 Å². The summed E-state index contributed by atoms with van der Waals surface area (Å²) in [7, 11) is 0. The monoisotopic (exact) mass is 311 g/mol. The lowest BCUT2D eigenvalue weighted by Gasteiger charge is -2.17. The molecule has 0 amide bonds. The molecular formula is C22H33N. The molecule has 0 saturated heterocycles. The second-order valence-electron chi connectivity index (χ2n) is 6.62. The lowest BCUT2D eigenvalue weighted by molar-refractivity contribution is 0.597. The number of hydrogen-bond donors (Lipinski definition) is 1. The SMILES string of the molecule is C=C/C=C(\C=C(/C)CCCCNC(=C)C1CCC=C1C)C(=C)C. The van der Waals surface area contributed by atoms with Crippen LogP contribution < -0.4 is 5.32 Å². The number of unbranched alkanes of at least 4 members (excludes halogenated alkanes) is 1. The fourth-order valence-corrected chi connectivity index (χ4v) is 2.98. The first-order valence-corrected chi connectivity index (χ1v) is 8.70. The van der Waals surface area contributed by atoms with Crippen molar-refractivity contribution < 1.29 is 0 Å². The molecule has 1 rings (SSSR count). The second kappa shape index (κ2) is 10.1. The molecule has 0 bridgehead atoms. The maximum absolute atomic E-state index is 4.21. The molecule has 1 atom stereocenters. The van der Waals surface area contributed by atoms with Gasteiger partial charge < -0.3 is 5.32 Å². The zero-order valence-corrected chi connectivity index (χ0v) is 15.3.